The lowest BCUT2D eigenvalue weighted by atomic mass is 10.0. The van der Waals surface area contributed by atoms with Crippen LogP contribution in [0.3, 0.4) is 0 Å². The summed E-state index contributed by atoms with van der Waals surface area (Å²) in [5, 5.41) is 6.35. The summed E-state index contributed by atoms with van der Waals surface area (Å²) in [5.41, 5.74) is 3.68. The second-order valence-electron chi connectivity index (χ2n) is 6.90. The van der Waals surface area contributed by atoms with Crippen LogP contribution in [0.1, 0.15) is 54.2 Å². The third kappa shape index (κ3) is 4.73. The number of anilines is 2. The van der Waals surface area contributed by atoms with Crippen LogP contribution >= 0.6 is 0 Å². The van der Waals surface area contributed by atoms with Crippen LogP contribution in [0.25, 0.3) is 0 Å². The van der Waals surface area contributed by atoms with Gasteiger partial charge in [0.1, 0.15) is 5.82 Å². The highest BCUT2D eigenvalue weighted by molar-refractivity contribution is 6.04. The normalized spacial score (nSPS) is 11.9. The molecule has 3 rings (SSSR count). The van der Waals surface area contributed by atoms with Gasteiger partial charge >= 0.3 is 0 Å². The maximum absolute atomic E-state index is 12.6. The molecule has 0 aliphatic heterocycles. The molecule has 0 spiro atoms. The molecular weight excluding hydrogens is 334 g/mol. The first-order chi connectivity index (χ1) is 13.0. The number of benzene rings is 2. The number of rotatable bonds is 6. The molecule has 2 N–H and O–H groups in total. The molecule has 0 saturated heterocycles. The van der Waals surface area contributed by atoms with E-state index >= 15 is 0 Å². The van der Waals surface area contributed by atoms with E-state index in [4.69, 9.17) is 0 Å². The Morgan fingerprint density at radius 3 is 2.26 bits per heavy atom. The summed E-state index contributed by atoms with van der Waals surface area (Å²) in [6.07, 6.45) is 1.60. The van der Waals surface area contributed by atoms with Crippen molar-refractivity contribution in [2.45, 2.75) is 32.7 Å². The van der Waals surface area contributed by atoms with Crippen molar-refractivity contribution in [1.82, 2.24) is 4.98 Å². The van der Waals surface area contributed by atoms with Crippen LogP contribution in [0.4, 0.5) is 11.5 Å². The highest BCUT2D eigenvalue weighted by Gasteiger charge is 2.12. The van der Waals surface area contributed by atoms with E-state index in [9.17, 15) is 4.79 Å². The minimum atomic E-state index is -0.154. The Labute approximate surface area is 160 Å². The molecule has 1 aromatic heterocycles. The van der Waals surface area contributed by atoms with Gasteiger partial charge in [-0.2, -0.15) is 0 Å². The lowest BCUT2D eigenvalue weighted by Crippen LogP contribution is -2.14. The maximum atomic E-state index is 12.6. The maximum Gasteiger partial charge on any atom is 0.257 e. The summed E-state index contributed by atoms with van der Waals surface area (Å²) in [5.74, 6) is 0.925. The van der Waals surface area contributed by atoms with Crippen molar-refractivity contribution in [3.8, 4) is 0 Å². The number of hydrogen-bond acceptors (Lipinski definition) is 3. The van der Waals surface area contributed by atoms with E-state index in [1.54, 1.807) is 12.3 Å². The van der Waals surface area contributed by atoms with E-state index < -0.39 is 0 Å². The van der Waals surface area contributed by atoms with Gasteiger partial charge in [-0.25, -0.2) is 4.98 Å². The predicted molar refractivity (Wildman–Crippen MR) is 111 cm³/mol. The van der Waals surface area contributed by atoms with Crippen LogP contribution in [-0.4, -0.2) is 10.9 Å². The number of hydrogen-bond donors (Lipinski definition) is 2. The second-order valence-corrected chi connectivity index (χ2v) is 6.90. The van der Waals surface area contributed by atoms with Gasteiger partial charge in [-0.3, -0.25) is 4.79 Å². The van der Waals surface area contributed by atoms with E-state index in [-0.39, 0.29) is 11.9 Å². The summed E-state index contributed by atoms with van der Waals surface area (Å²) in [4.78, 5) is 17.0. The monoisotopic (exact) mass is 359 g/mol. The van der Waals surface area contributed by atoms with Crippen LogP contribution in [0.5, 0.6) is 0 Å². The number of nitrogens with one attached hydrogen (secondary N) is 2. The van der Waals surface area contributed by atoms with Crippen LogP contribution in [0, 0.1) is 0 Å². The molecule has 1 heterocycles. The molecule has 4 nitrogen and oxygen atoms in total. The molecule has 0 saturated carbocycles. The van der Waals surface area contributed by atoms with Crippen molar-refractivity contribution < 1.29 is 4.79 Å². The topological polar surface area (TPSA) is 54.0 Å². The van der Waals surface area contributed by atoms with Gasteiger partial charge in [-0.05, 0) is 42.2 Å². The van der Waals surface area contributed by atoms with Crippen molar-refractivity contribution in [2.24, 2.45) is 0 Å². The molecule has 138 valence electrons. The Balaban J connectivity index is 1.67. The Bertz CT molecular complexity index is 889. The van der Waals surface area contributed by atoms with E-state index in [0.29, 0.717) is 11.5 Å². The minimum absolute atomic E-state index is 0.135. The number of nitrogens with zero attached hydrogens (tertiary/aromatic N) is 1. The number of para-hydroxylation sites is 1. The van der Waals surface area contributed by atoms with E-state index in [2.05, 4.69) is 48.5 Å². The first-order valence-electron chi connectivity index (χ1n) is 9.22. The minimum Gasteiger partial charge on any atom is -0.364 e. The Kier molecular flexibility index (Phi) is 5.87. The van der Waals surface area contributed by atoms with Crippen molar-refractivity contribution in [3.05, 3.63) is 89.6 Å². The Morgan fingerprint density at radius 1 is 0.889 bits per heavy atom. The van der Waals surface area contributed by atoms with Gasteiger partial charge < -0.3 is 10.6 Å². The van der Waals surface area contributed by atoms with Crippen LogP contribution < -0.4 is 10.6 Å². The number of carbonyl (C=O) groups is 1. The predicted octanol–water partition coefficient (Wildman–Crippen LogP) is 5.63. The third-order valence-electron chi connectivity index (χ3n) is 4.52. The molecule has 2 aromatic carbocycles. The summed E-state index contributed by atoms with van der Waals surface area (Å²) in [7, 11) is 0. The Morgan fingerprint density at radius 2 is 1.59 bits per heavy atom. The smallest absolute Gasteiger partial charge is 0.257 e. The van der Waals surface area contributed by atoms with Gasteiger partial charge in [-0.1, -0.05) is 62.4 Å². The zero-order chi connectivity index (χ0) is 19.2. The van der Waals surface area contributed by atoms with Crippen molar-refractivity contribution >= 4 is 17.4 Å². The second kappa shape index (κ2) is 8.49. The molecule has 4 heteroatoms. The fraction of sp³-hybridized carbons (Fsp3) is 0.217. The average molecular weight is 359 g/mol. The SMILES string of the molecule is CC(C)c1ccccc1NC(=O)c1ccc(NC(C)c2ccccc2)nc1. The van der Waals surface area contributed by atoms with Gasteiger partial charge in [-0.15, -0.1) is 0 Å². The zero-order valence-electron chi connectivity index (χ0n) is 15.9. The van der Waals surface area contributed by atoms with Crippen molar-refractivity contribution in [2.75, 3.05) is 10.6 Å². The van der Waals surface area contributed by atoms with Crippen LogP contribution in [-0.2, 0) is 0 Å². The van der Waals surface area contributed by atoms with Gasteiger partial charge in [0.15, 0.2) is 0 Å². The van der Waals surface area contributed by atoms with Crippen LogP contribution in [0.2, 0.25) is 0 Å². The molecule has 1 atom stereocenters. The summed E-state index contributed by atoms with van der Waals surface area (Å²) >= 11 is 0. The largest absolute Gasteiger partial charge is 0.364 e. The number of carbonyl (C=O) groups excluding carboxylic acids is 1. The average Bonchev–Trinajstić information content (AvgIpc) is 2.69. The number of amides is 1. The fourth-order valence-electron chi connectivity index (χ4n) is 2.97. The summed E-state index contributed by atoms with van der Waals surface area (Å²) in [6.45, 7) is 6.31. The van der Waals surface area contributed by atoms with E-state index in [1.807, 2.05) is 48.5 Å². The molecule has 0 fully saturated rings. The molecule has 1 amide bonds. The molecule has 0 aliphatic carbocycles. The standard InChI is InChI=1S/C23H25N3O/c1-16(2)20-11-7-8-12-21(20)26-23(27)19-13-14-22(24-15-19)25-17(3)18-9-5-4-6-10-18/h4-17H,1-3H3,(H,24,25)(H,26,27). The van der Waals surface area contributed by atoms with Crippen molar-refractivity contribution in [1.29, 1.82) is 0 Å². The van der Waals surface area contributed by atoms with Gasteiger partial charge in [0.2, 0.25) is 0 Å². The Hall–Kier alpha value is -3.14. The lowest BCUT2D eigenvalue weighted by molar-refractivity contribution is 0.102. The molecule has 0 bridgehead atoms. The van der Waals surface area contributed by atoms with Crippen LogP contribution in [0.15, 0.2) is 72.9 Å². The van der Waals surface area contributed by atoms with E-state index in [1.165, 1.54) is 5.56 Å². The van der Waals surface area contributed by atoms with Gasteiger partial charge in [0, 0.05) is 17.9 Å². The molecule has 0 aliphatic rings. The molecule has 3 aromatic rings. The third-order valence-corrected chi connectivity index (χ3v) is 4.52. The quantitative estimate of drug-likeness (QED) is 0.600. The summed E-state index contributed by atoms with van der Waals surface area (Å²) < 4.78 is 0. The first-order valence-corrected chi connectivity index (χ1v) is 9.22. The van der Waals surface area contributed by atoms with Crippen molar-refractivity contribution in [3.63, 3.8) is 0 Å². The number of aromatic nitrogens is 1. The molecule has 1 unspecified atom stereocenters. The highest BCUT2D eigenvalue weighted by Crippen LogP contribution is 2.24. The first kappa shape index (κ1) is 18.6. The zero-order valence-corrected chi connectivity index (χ0v) is 15.9. The fourth-order valence-corrected chi connectivity index (χ4v) is 2.97. The molecular formula is C23H25N3O. The van der Waals surface area contributed by atoms with Gasteiger partial charge in [0.25, 0.3) is 5.91 Å². The van der Waals surface area contributed by atoms with E-state index in [0.717, 1.165) is 17.1 Å². The molecule has 27 heavy (non-hydrogen) atoms. The summed E-state index contributed by atoms with van der Waals surface area (Å²) in [6, 6.07) is 21.8. The van der Waals surface area contributed by atoms with Gasteiger partial charge in [0.05, 0.1) is 5.56 Å². The lowest BCUT2D eigenvalue weighted by Gasteiger charge is -2.15. The number of pyridine rings is 1. The molecule has 0 radical (unpaired) electrons. The highest BCUT2D eigenvalue weighted by atomic mass is 16.1.